The molecule has 0 radical (unpaired) electrons. The van der Waals surface area contributed by atoms with Crippen LogP contribution in [0.3, 0.4) is 0 Å². The summed E-state index contributed by atoms with van der Waals surface area (Å²) in [5.74, 6) is -0.577. The summed E-state index contributed by atoms with van der Waals surface area (Å²) in [5.41, 5.74) is 3.22. The number of carbonyl (C=O) groups excluding carboxylic acids is 2. The molecule has 0 spiro atoms. The molecule has 4 nitrogen and oxygen atoms in total. The molecular formula is C23H23NO3. The highest BCUT2D eigenvalue weighted by Crippen LogP contribution is 2.30. The van der Waals surface area contributed by atoms with Gasteiger partial charge in [-0.1, -0.05) is 60.2 Å². The Kier molecular flexibility index (Phi) is 5.00. The molecule has 1 heterocycles. The molecule has 3 aromatic rings. The number of carbonyl (C=O) groups is 2. The molecular weight excluding hydrogens is 338 g/mol. The van der Waals surface area contributed by atoms with Crippen LogP contribution in [-0.2, 0) is 10.2 Å². The average molecular weight is 361 g/mol. The van der Waals surface area contributed by atoms with Gasteiger partial charge >= 0.3 is 5.97 Å². The second-order valence-corrected chi connectivity index (χ2v) is 7.15. The zero-order valence-electron chi connectivity index (χ0n) is 16.0. The maximum atomic E-state index is 13.2. The van der Waals surface area contributed by atoms with Crippen LogP contribution >= 0.6 is 0 Å². The molecule has 0 aliphatic heterocycles. The summed E-state index contributed by atoms with van der Waals surface area (Å²) in [4.78, 5) is 25.5. The van der Waals surface area contributed by atoms with E-state index in [-0.39, 0.29) is 5.91 Å². The van der Waals surface area contributed by atoms with Crippen LogP contribution < -0.4 is 0 Å². The number of methoxy groups -OCH3 is 1. The molecule has 138 valence electrons. The Bertz CT molecular complexity index is 967. The summed E-state index contributed by atoms with van der Waals surface area (Å²) < 4.78 is 6.42. The van der Waals surface area contributed by atoms with Crippen LogP contribution in [0.25, 0.3) is 11.1 Å². The quantitative estimate of drug-likeness (QED) is 0.623. The van der Waals surface area contributed by atoms with Gasteiger partial charge in [0.1, 0.15) is 0 Å². The number of hydrogen-bond donors (Lipinski definition) is 0. The first kappa shape index (κ1) is 18.6. The number of esters is 1. The number of nitrogens with zero attached hydrogens (tertiary/aromatic N) is 1. The average Bonchev–Trinajstić information content (AvgIpc) is 3.13. The van der Waals surface area contributed by atoms with Crippen LogP contribution in [0.1, 0.15) is 40.1 Å². The molecule has 0 atom stereocenters. The maximum absolute atomic E-state index is 13.2. The molecule has 0 fully saturated rings. The monoisotopic (exact) mass is 361 g/mol. The number of aryl methyl sites for hydroxylation is 1. The highest BCUT2D eigenvalue weighted by atomic mass is 16.5. The number of benzene rings is 2. The minimum absolute atomic E-state index is 0.114. The van der Waals surface area contributed by atoms with E-state index in [0.717, 1.165) is 16.7 Å². The molecule has 4 heteroatoms. The second kappa shape index (κ2) is 7.23. The third-order valence-electron chi connectivity index (χ3n) is 4.86. The van der Waals surface area contributed by atoms with Gasteiger partial charge in [-0.25, -0.2) is 4.79 Å². The summed E-state index contributed by atoms with van der Waals surface area (Å²) in [6, 6.07) is 17.4. The largest absolute Gasteiger partial charge is 0.465 e. The summed E-state index contributed by atoms with van der Waals surface area (Å²) in [6.07, 6.45) is 3.28. The van der Waals surface area contributed by atoms with Crippen LogP contribution in [0.5, 0.6) is 0 Å². The Balaban J connectivity index is 2.07. The molecule has 0 saturated heterocycles. The zero-order chi connectivity index (χ0) is 19.6. The van der Waals surface area contributed by atoms with Gasteiger partial charge in [-0.05, 0) is 31.9 Å². The van der Waals surface area contributed by atoms with E-state index >= 15 is 0 Å². The lowest BCUT2D eigenvalue weighted by molar-refractivity contribution is 0.0601. The van der Waals surface area contributed by atoms with E-state index in [9.17, 15) is 9.59 Å². The van der Waals surface area contributed by atoms with Crippen molar-refractivity contribution >= 4 is 11.9 Å². The smallest absolute Gasteiger partial charge is 0.340 e. The molecule has 0 N–H and O–H groups in total. The Morgan fingerprint density at radius 3 is 2.15 bits per heavy atom. The molecule has 0 aliphatic carbocycles. The summed E-state index contributed by atoms with van der Waals surface area (Å²) in [7, 11) is 1.34. The van der Waals surface area contributed by atoms with Gasteiger partial charge in [0.2, 0.25) is 5.91 Å². The van der Waals surface area contributed by atoms with Crippen molar-refractivity contribution in [3.8, 4) is 11.1 Å². The molecule has 1 aromatic heterocycles. The van der Waals surface area contributed by atoms with E-state index in [0.29, 0.717) is 11.1 Å². The van der Waals surface area contributed by atoms with Crippen molar-refractivity contribution in [3.05, 3.63) is 83.7 Å². The number of rotatable bonds is 4. The van der Waals surface area contributed by atoms with Gasteiger partial charge in [-0.3, -0.25) is 9.36 Å². The van der Waals surface area contributed by atoms with Gasteiger partial charge in [-0.2, -0.15) is 0 Å². The van der Waals surface area contributed by atoms with Gasteiger partial charge in [0.15, 0.2) is 0 Å². The molecule has 2 aromatic carbocycles. The Morgan fingerprint density at radius 2 is 1.56 bits per heavy atom. The summed E-state index contributed by atoms with van der Waals surface area (Å²) >= 11 is 0. The third kappa shape index (κ3) is 3.56. The van der Waals surface area contributed by atoms with Crippen LogP contribution in [0.2, 0.25) is 0 Å². The van der Waals surface area contributed by atoms with Crippen molar-refractivity contribution < 1.29 is 14.3 Å². The molecule has 0 bridgehead atoms. The fourth-order valence-electron chi connectivity index (χ4n) is 3.11. The lowest BCUT2D eigenvalue weighted by atomic mass is 9.83. The molecule has 0 saturated carbocycles. The van der Waals surface area contributed by atoms with Crippen LogP contribution in [0.15, 0.2) is 67.0 Å². The standard InChI is InChI=1S/C23H23NO3/c1-16-10-12-17(13-11-16)19-14-24(15-20(19)21(25)27-4)22(26)23(2,3)18-8-6-5-7-9-18/h5-15H,1-4H3. The van der Waals surface area contributed by atoms with E-state index in [1.54, 1.807) is 12.4 Å². The highest BCUT2D eigenvalue weighted by molar-refractivity contribution is 6.00. The Morgan fingerprint density at radius 1 is 0.926 bits per heavy atom. The van der Waals surface area contributed by atoms with E-state index in [4.69, 9.17) is 4.74 Å². The van der Waals surface area contributed by atoms with E-state index in [2.05, 4.69) is 0 Å². The van der Waals surface area contributed by atoms with E-state index in [1.807, 2.05) is 75.4 Å². The molecule has 0 aliphatic rings. The molecule has 0 unspecified atom stereocenters. The third-order valence-corrected chi connectivity index (χ3v) is 4.86. The first-order valence-electron chi connectivity index (χ1n) is 8.82. The second-order valence-electron chi connectivity index (χ2n) is 7.15. The topological polar surface area (TPSA) is 48.3 Å². The summed E-state index contributed by atoms with van der Waals surface area (Å²) in [5, 5.41) is 0. The van der Waals surface area contributed by atoms with Crippen molar-refractivity contribution in [3.63, 3.8) is 0 Å². The van der Waals surface area contributed by atoms with Gasteiger partial charge in [0.05, 0.1) is 18.1 Å². The normalized spacial score (nSPS) is 11.3. The minimum atomic E-state index is -0.738. The van der Waals surface area contributed by atoms with Crippen molar-refractivity contribution in [1.29, 1.82) is 0 Å². The first-order valence-corrected chi connectivity index (χ1v) is 8.82. The summed E-state index contributed by atoms with van der Waals surface area (Å²) in [6.45, 7) is 5.77. The van der Waals surface area contributed by atoms with Crippen LogP contribution in [0, 0.1) is 6.92 Å². The Labute approximate surface area is 159 Å². The maximum Gasteiger partial charge on any atom is 0.340 e. The van der Waals surface area contributed by atoms with Gasteiger partial charge in [0, 0.05) is 18.0 Å². The Hall–Kier alpha value is -3.14. The predicted molar refractivity (Wildman–Crippen MR) is 106 cm³/mol. The molecule has 0 amide bonds. The highest BCUT2D eigenvalue weighted by Gasteiger charge is 2.32. The predicted octanol–water partition coefficient (Wildman–Crippen LogP) is 4.87. The van der Waals surface area contributed by atoms with Crippen molar-refractivity contribution in [2.75, 3.05) is 7.11 Å². The van der Waals surface area contributed by atoms with Gasteiger partial charge in [0.25, 0.3) is 0 Å². The van der Waals surface area contributed by atoms with Gasteiger partial charge in [-0.15, -0.1) is 0 Å². The van der Waals surface area contributed by atoms with Crippen molar-refractivity contribution in [2.45, 2.75) is 26.2 Å². The molecule has 27 heavy (non-hydrogen) atoms. The van der Waals surface area contributed by atoms with Crippen LogP contribution in [-0.4, -0.2) is 23.6 Å². The zero-order valence-corrected chi connectivity index (χ0v) is 16.0. The molecule has 3 rings (SSSR count). The fourth-order valence-corrected chi connectivity index (χ4v) is 3.11. The minimum Gasteiger partial charge on any atom is -0.465 e. The van der Waals surface area contributed by atoms with Gasteiger partial charge < -0.3 is 4.74 Å². The lowest BCUT2D eigenvalue weighted by Gasteiger charge is -2.23. The van der Waals surface area contributed by atoms with Crippen molar-refractivity contribution in [2.24, 2.45) is 0 Å². The number of ether oxygens (including phenoxy) is 1. The first-order chi connectivity index (χ1) is 12.8. The van der Waals surface area contributed by atoms with E-state index < -0.39 is 11.4 Å². The van der Waals surface area contributed by atoms with E-state index in [1.165, 1.54) is 11.7 Å². The number of aromatic nitrogens is 1. The lowest BCUT2D eigenvalue weighted by Crippen LogP contribution is -2.33. The van der Waals surface area contributed by atoms with Crippen LogP contribution in [0.4, 0.5) is 0 Å². The number of hydrogen-bond acceptors (Lipinski definition) is 3. The SMILES string of the molecule is COC(=O)c1cn(C(=O)C(C)(C)c2ccccc2)cc1-c1ccc(C)cc1. The fraction of sp³-hybridized carbons (Fsp3) is 0.217. The van der Waals surface area contributed by atoms with Crippen molar-refractivity contribution in [1.82, 2.24) is 4.57 Å².